The van der Waals surface area contributed by atoms with Crippen LogP contribution in [0.15, 0.2) is 36.4 Å². The molecule has 90 valence electrons. The molecule has 0 bridgehead atoms. The highest BCUT2D eigenvalue weighted by atomic mass is 35.5. The molecule has 0 N–H and O–H groups in total. The lowest BCUT2D eigenvalue weighted by Crippen LogP contribution is -1.88. The van der Waals surface area contributed by atoms with Gasteiger partial charge in [-0.25, -0.2) is 0 Å². The first-order valence-electron chi connectivity index (χ1n) is 5.18. The molecule has 2 aromatic carbocycles. The molecule has 0 aliphatic heterocycles. The Morgan fingerprint density at radius 2 is 1.72 bits per heavy atom. The van der Waals surface area contributed by atoms with Crippen LogP contribution in [0.1, 0.15) is 5.56 Å². The molecule has 2 rings (SSSR count). The van der Waals surface area contributed by atoms with Crippen molar-refractivity contribution >= 4 is 23.2 Å². The fraction of sp³-hybridized carbons (Fsp3) is 0.0714. The van der Waals surface area contributed by atoms with E-state index in [1.54, 1.807) is 43.5 Å². The van der Waals surface area contributed by atoms with Gasteiger partial charge in [-0.1, -0.05) is 23.2 Å². The topological polar surface area (TPSA) is 33.0 Å². The Hall–Kier alpha value is -1.69. The molecule has 0 amide bonds. The summed E-state index contributed by atoms with van der Waals surface area (Å²) in [6.45, 7) is 0. The lowest BCUT2D eigenvalue weighted by atomic mass is 10.00. The van der Waals surface area contributed by atoms with Crippen LogP contribution in [0, 0.1) is 11.3 Å². The van der Waals surface area contributed by atoms with E-state index < -0.39 is 0 Å². The van der Waals surface area contributed by atoms with Crippen molar-refractivity contribution in [3.63, 3.8) is 0 Å². The number of hydrogen-bond donors (Lipinski definition) is 0. The van der Waals surface area contributed by atoms with E-state index in [1.165, 1.54) is 0 Å². The van der Waals surface area contributed by atoms with Crippen LogP contribution in [0.5, 0.6) is 5.75 Å². The second-order valence-electron chi connectivity index (χ2n) is 3.68. The number of methoxy groups -OCH3 is 1. The van der Waals surface area contributed by atoms with Crippen molar-refractivity contribution in [2.45, 2.75) is 0 Å². The Bertz CT molecular complexity index is 612. The van der Waals surface area contributed by atoms with Gasteiger partial charge < -0.3 is 4.74 Å². The van der Waals surface area contributed by atoms with Crippen LogP contribution < -0.4 is 4.74 Å². The summed E-state index contributed by atoms with van der Waals surface area (Å²) in [7, 11) is 1.58. The van der Waals surface area contributed by atoms with Crippen LogP contribution >= 0.6 is 23.2 Å². The molecule has 2 aromatic rings. The fourth-order valence-electron chi connectivity index (χ4n) is 1.70. The average molecular weight is 278 g/mol. The van der Waals surface area contributed by atoms with Crippen LogP contribution in [0.4, 0.5) is 0 Å². The van der Waals surface area contributed by atoms with E-state index in [0.717, 1.165) is 11.1 Å². The number of hydrogen-bond acceptors (Lipinski definition) is 2. The fourth-order valence-corrected chi connectivity index (χ4v) is 2.22. The highest BCUT2D eigenvalue weighted by Gasteiger charge is 2.08. The molecule has 0 aromatic heterocycles. The van der Waals surface area contributed by atoms with Crippen molar-refractivity contribution in [2.75, 3.05) is 7.11 Å². The van der Waals surface area contributed by atoms with Gasteiger partial charge in [-0.05, 0) is 42.0 Å². The van der Waals surface area contributed by atoms with Gasteiger partial charge in [0.2, 0.25) is 0 Å². The van der Waals surface area contributed by atoms with Gasteiger partial charge in [0, 0.05) is 15.6 Å². The molecule has 0 unspecified atom stereocenters. The van der Waals surface area contributed by atoms with Crippen LogP contribution in [-0.2, 0) is 0 Å². The lowest BCUT2D eigenvalue weighted by molar-refractivity contribution is 0.415. The van der Waals surface area contributed by atoms with Crippen LogP contribution in [0.2, 0.25) is 10.0 Å². The Labute approximate surface area is 115 Å². The van der Waals surface area contributed by atoms with Crippen molar-refractivity contribution in [2.24, 2.45) is 0 Å². The molecule has 0 aliphatic carbocycles. The molecule has 0 atom stereocenters. The minimum Gasteiger partial charge on any atom is -0.497 e. The molecule has 2 nitrogen and oxygen atoms in total. The largest absolute Gasteiger partial charge is 0.497 e. The maximum Gasteiger partial charge on any atom is 0.119 e. The molecular formula is C14H9Cl2NO. The van der Waals surface area contributed by atoms with E-state index in [9.17, 15) is 0 Å². The third-order valence-corrected chi connectivity index (χ3v) is 2.96. The van der Waals surface area contributed by atoms with Gasteiger partial charge in [-0.15, -0.1) is 0 Å². The Balaban J connectivity index is 2.65. The number of halogens is 2. The maximum absolute atomic E-state index is 9.13. The van der Waals surface area contributed by atoms with Crippen molar-refractivity contribution in [1.82, 2.24) is 0 Å². The first kappa shape index (κ1) is 12.8. The second kappa shape index (κ2) is 5.30. The van der Waals surface area contributed by atoms with Gasteiger partial charge in [-0.2, -0.15) is 5.26 Å². The van der Waals surface area contributed by atoms with Gasteiger partial charge in [0.05, 0.1) is 18.7 Å². The average Bonchev–Trinajstić information content (AvgIpc) is 2.36. The summed E-state index contributed by atoms with van der Waals surface area (Å²) in [4.78, 5) is 0. The highest BCUT2D eigenvalue weighted by Crippen LogP contribution is 2.31. The zero-order valence-corrected chi connectivity index (χ0v) is 11.1. The number of benzene rings is 2. The molecule has 0 aliphatic rings. The first-order chi connectivity index (χ1) is 8.63. The van der Waals surface area contributed by atoms with Crippen molar-refractivity contribution in [1.29, 1.82) is 5.26 Å². The van der Waals surface area contributed by atoms with E-state index >= 15 is 0 Å². The summed E-state index contributed by atoms with van der Waals surface area (Å²) in [6.07, 6.45) is 0. The van der Waals surface area contributed by atoms with E-state index in [2.05, 4.69) is 6.07 Å². The van der Waals surface area contributed by atoms with Gasteiger partial charge in [0.1, 0.15) is 5.75 Å². The molecular weight excluding hydrogens is 269 g/mol. The van der Waals surface area contributed by atoms with E-state index in [0.29, 0.717) is 21.4 Å². The summed E-state index contributed by atoms with van der Waals surface area (Å²) < 4.78 is 5.16. The minimum absolute atomic E-state index is 0.532. The summed E-state index contributed by atoms with van der Waals surface area (Å²) in [6, 6.07) is 12.6. The van der Waals surface area contributed by atoms with Crippen LogP contribution in [0.25, 0.3) is 11.1 Å². The normalized spacial score (nSPS) is 9.89. The zero-order valence-electron chi connectivity index (χ0n) is 9.58. The molecule has 0 fully saturated rings. The molecule has 18 heavy (non-hydrogen) atoms. The van der Waals surface area contributed by atoms with E-state index in [1.807, 2.05) is 0 Å². The SMILES string of the molecule is COc1ccc(C#N)c(-c2cc(Cl)cc(Cl)c2)c1. The summed E-state index contributed by atoms with van der Waals surface area (Å²) in [5, 5.41) is 10.2. The second-order valence-corrected chi connectivity index (χ2v) is 4.55. The molecule has 4 heteroatoms. The molecule has 0 saturated heterocycles. The Kier molecular flexibility index (Phi) is 3.76. The standard InChI is InChI=1S/C14H9Cl2NO/c1-18-13-3-2-9(8-17)14(7-13)10-4-11(15)6-12(16)5-10/h2-7H,1H3. The number of nitriles is 1. The zero-order chi connectivity index (χ0) is 13.1. The maximum atomic E-state index is 9.13. The molecule has 0 radical (unpaired) electrons. The van der Waals surface area contributed by atoms with Gasteiger partial charge in [-0.3, -0.25) is 0 Å². The number of ether oxygens (including phenoxy) is 1. The smallest absolute Gasteiger partial charge is 0.119 e. The minimum atomic E-state index is 0.532. The predicted octanol–water partition coefficient (Wildman–Crippen LogP) is 4.54. The molecule has 0 saturated carbocycles. The van der Waals surface area contributed by atoms with Gasteiger partial charge >= 0.3 is 0 Å². The third kappa shape index (κ3) is 2.59. The number of rotatable bonds is 2. The quantitative estimate of drug-likeness (QED) is 0.807. The van der Waals surface area contributed by atoms with Crippen molar-refractivity contribution in [3.05, 3.63) is 52.0 Å². The number of nitrogens with zero attached hydrogens (tertiary/aromatic N) is 1. The predicted molar refractivity (Wildman–Crippen MR) is 73.2 cm³/mol. The van der Waals surface area contributed by atoms with Gasteiger partial charge in [0.15, 0.2) is 0 Å². The van der Waals surface area contributed by atoms with E-state index in [4.69, 9.17) is 33.2 Å². The lowest BCUT2D eigenvalue weighted by Gasteiger charge is -2.08. The first-order valence-corrected chi connectivity index (χ1v) is 5.94. The summed E-state index contributed by atoms with van der Waals surface area (Å²) in [5.74, 6) is 0.681. The van der Waals surface area contributed by atoms with Crippen LogP contribution in [-0.4, -0.2) is 7.11 Å². The van der Waals surface area contributed by atoms with Gasteiger partial charge in [0.25, 0.3) is 0 Å². The van der Waals surface area contributed by atoms with Crippen molar-refractivity contribution in [3.8, 4) is 22.9 Å². The van der Waals surface area contributed by atoms with Crippen LogP contribution in [0.3, 0.4) is 0 Å². The van der Waals surface area contributed by atoms with E-state index in [-0.39, 0.29) is 0 Å². The highest BCUT2D eigenvalue weighted by molar-refractivity contribution is 6.35. The van der Waals surface area contributed by atoms with Crippen molar-refractivity contribution < 1.29 is 4.74 Å². The molecule has 0 spiro atoms. The third-order valence-electron chi connectivity index (χ3n) is 2.52. The molecule has 0 heterocycles. The Morgan fingerprint density at radius 1 is 1.06 bits per heavy atom. The summed E-state index contributed by atoms with van der Waals surface area (Å²) in [5.41, 5.74) is 2.10. The monoisotopic (exact) mass is 277 g/mol. The Morgan fingerprint density at radius 3 is 2.28 bits per heavy atom. The summed E-state index contributed by atoms with van der Waals surface area (Å²) >= 11 is 11.9.